The maximum absolute atomic E-state index is 12.7. The molecule has 1 N–H and O–H groups in total. The van der Waals surface area contributed by atoms with Gasteiger partial charge in [0.25, 0.3) is 5.91 Å². The van der Waals surface area contributed by atoms with Gasteiger partial charge in [0.15, 0.2) is 0 Å². The number of benzene rings is 3. The van der Waals surface area contributed by atoms with Crippen molar-refractivity contribution in [3.63, 3.8) is 0 Å². The van der Waals surface area contributed by atoms with Crippen molar-refractivity contribution in [2.75, 3.05) is 13.1 Å². The molecule has 0 radical (unpaired) electrons. The molecule has 6 heteroatoms. The zero-order valence-electron chi connectivity index (χ0n) is 16.9. The van der Waals surface area contributed by atoms with Crippen LogP contribution in [-0.2, 0) is 12.7 Å². The lowest BCUT2D eigenvalue weighted by molar-refractivity contribution is -0.137. The van der Waals surface area contributed by atoms with E-state index in [1.165, 1.54) is 17.7 Å². The molecule has 1 aliphatic heterocycles. The molecule has 0 spiro atoms. The Hall–Kier alpha value is -3.12. The smallest absolute Gasteiger partial charge is 0.348 e. The Balaban J connectivity index is 1.33. The van der Waals surface area contributed by atoms with E-state index in [-0.39, 0.29) is 11.9 Å². The molecule has 1 fully saturated rings. The van der Waals surface area contributed by atoms with E-state index in [0.29, 0.717) is 11.1 Å². The molecule has 4 rings (SSSR count). The van der Waals surface area contributed by atoms with Crippen molar-refractivity contribution in [1.82, 2.24) is 10.2 Å². The third kappa shape index (κ3) is 5.33. The van der Waals surface area contributed by atoms with Crippen molar-refractivity contribution in [3.8, 4) is 11.1 Å². The second-order valence-corrected chi connectivity index (χ2v) is 7.83. The Kier molecular flexibility index (Phi) is 6.09. The van der Waals surface area contributed by atoms with Crippen molar-refractivity contribution in [1.29, 1.82) is 0 Å². The molecule has 1 aliphatic rings. The highest BCUT2D eigenvalue weighted by Gasteiger charge is 2.30. The third-order valence-corrected chi connectivity index (χ3v) is 5.55. The molecule has 1 atom stereocenters. The number of alkyl halides is 3. The summed E-state index contributed by atoms with van der Waals surface area (Å²) in [5.41, 5.74) is 2.56. The van der Waals surface area contributed by atoms with Crippen LogP contribution in [0.1, 0.15) is 27.9 Å². The quantitative estimate of drug-likeness (QED) is 0.597. The molecule has 0 bridgehead atoms. The molecule has 31 heavy (non-hydrogen) atoms. The SMILES string of the molecule is O=C(NC1CCN(Cc2ccccc2)C1)c1ccc(-c2ccc(C(F)(F)F)cc2)cc1. The van der Waals surface area contributed by atoms with Crippen LogP contribution in [0.4, 0.5) is 13.2 Å². The predicted octanol–water partition coefficient (Wildman–Crippen LogP) is 5.38. The van der Waals surface area contributed by atoms with Crippen molar-refractivity contribution in [2.45, 2.75) is 25.2 Å². The Morgan fingerprint density at radius 3 is 2.13 bits per heavy atom. The molecule has 3 aromatic carbocycles. The Bertz CT molecular complexity index is 1020. The summed E-state index contributed by atoms with van der Waals surface area (Å²) in [5, 5.41) is 3.09. The molecule has 1 heterocycles. The van der Waals surface area contributed by atoms with Gasteiger partial charge in [-0.2, -0.15) is 13.2 Å². The lowest BCUT2D eigenvalue weighted by Gasteiger charge is -2.17. The highest BCUT2D eigenvalue weighted by Crippen LogP contribution is 2.31. The molecule has 1 unspecified atom stereocenters. The Labute approximate surface area is 179 Å². The first kappa shape index (κ1) is 21.1. The highest BCUT2D eigenvalue weighted by molar-refractivity contribution is 5.94. The maximum Gasteiger partial charge on any atom is 0.416 e. The number of amides is 1. The Morgan fingerprint density at radius 1 is 0.903 bits per heavy atom. The largest absolute Gasteiger partial charge is 0.416 e. The minimum atomic E-state index is -4.35. The van der Waals surface area contributed by atoms with Crippen LogP contribution in [0.15, 0.2) is 78.9 Å². The number of carbonyl (C=O) groups is 1. The fourth-order valence-electron chi connectivity index (χ4n) is 3.87. The fraction of sp³-hybridized carbons (Fsp3) is 0.240. The average Bonchev–Trinajstić information content (AvgIpc) is 3.20. The third-order valence-electron chi connectivity index (χ3n) is 5.55. The monoisotopic (exact) mass is 424 g/mol. The van der Waals surface area contributed by atoms with E-state index in [2.05, 4.69) is 22.3 Å². The maximum atomic E-state index is 12.7. The number of halogens is 3. The first-order valence-electron chi connectivity index (χ1n) is 10.2. The van der Waals surface area contributed by atoms with Crippen LogP contribution >= 0.6 is 0 Å². The summed E-state index contributed by atoms with van der Waals surface area (Å²) in [5.74, 6) is -0.134. The summed E-state index contributed by atoms with van der Waals surface area (Å²) in [6, 6.07) is 22.3. The van der Waals surface area contributed by atoms with E-state index >= 15 is 0 Å². The second-order valence-electron chi connectivity index (χ2n) is 7.83. The first-order valence-corrected chi connectivity index (χ1v) is 10.2. The standard InChI is InChI=1S/C25H23F3N2O/c26-25(27,28)22-12-10-20(11-13-22)19-6-8-21(9-7-19)24(31)29-23-14-15-30(17-23)16-18-4-2-1-3-5-18/h1-13,23H,14-17H2,(H,29,31). The molecule has 1 saturated heterocycles. The molecule has 0 aliphatic carbocycles. The number of hydrogen-bond acceptors (Lipinski definition) is 2. The fourth-order valence-corrected chi connectivity index (χ4v) is 3.87. The van der Waals surface area contributed by atoms with Crippen molar-refractivity contribution < 1.29 is 18.0 Å². The van der Waals surface area contributed by atoms with Crippen LogP contribution in [0.5, 0.6) is 0 Å². The molecule has 1 amide bonds. The second kappa shape index (κ2) is 8.94. The minimum Gasteiger partial charge on any atom is -0.348 e. The van der Waals surface area contributed by atoms with Crippen LogP contribution in [-0.4, -0.2) is 29.9 Å². The van der Waals surface area contributed by atoms with Crippen molar-refractivity contribution in [3.05, 3.63) is 95.6 Å². The zero-order chi connectivity index (χ0) is 21.8. The molecule has 160 valence electrons. The minimum absolute atomic E-state index is 0.103. The summed E-state index contributed by atoms with van der Waals surface area (Å²) >= 11 is 0. The summed E-state index contributed by atoms with van der Waals surface area (Å²) in [6.45, 7) is 2.62. The number of rotatable bonds is 5. The lowest BCUT2D eigenvalue weighted by Crippen LogP contribution is -2.36. The number of carbonyl (C=O) groups excluding carboxylic acids is 1. The van der Waals surface area contributed by atoms with Gasteiger partial charge in [-0.1, -0.05) is 54.6 Å². The van der Waals surface area contributed by atoms with Gasteiger partial charge in [0.1, 0.15) is 0 Å². The molecule has 3 nitrogen and oxygen atoms in total. The van der Waals surface area contributed by atoms with Crippen LogP contribution in [0.25, 0.3) is 11.1 Å². The molecule has 0 saturated carbocycles. The van der Waals surface area contributed by atoms with Gasteiger partial charge in [-0.3, -0.25) is 9.69 Å². The molecule has 0 aromatic heterocycles. The van der Waals surface area contributed by atoms with E-state index in [0.717, 1.165) is 43.8 Å². The highest BCUT2D eigenvalue weighted by atomic mass is 19.4. The topological polar surface area (TPSA) is 32.3 Å². The van der Waals surface area contributed by atoms with Gasteiger partial charge in [-0.25, -0.2) is 0 Å². The number of nitrogens with one attached hydrogen (secondary N) is 1. The summed E-state index contributed by atoms with van der Waals surface area (Å²) in [6.07, 6.45) is -3.44. The van der Waals surface area contributed by atoms with Crippen LogP contribution < -0.4 is 5.32 Å². The molecular formula is C25H23F3N2O. The van der Waals surface area contributed by atoms with Crippen molar-refractivity contribution >= 4 is 5.91 Å². The van der Waals surface area contributed by atoms with Crippen molar-refractivity contribution in [2.24, 2.45) is 0 Å². The van der Waals surface area contributed by atoms with Crippen LogP contribution in [0.2, 0.25) is 0 Å². The first-order chi connectivity index (χ1) is 14.9. The van der Waals surface area contributed by atoms with E-state index in [1.54, 1.807) is 24.3 Å². The number of hydrogen-bond donors (Lipinski definition) is 1. The number of nitrogens with zero attached hydrogens (tertiary/aromatic N) is 1. The van der Waals surface area contributed by atoms with Gasteiger partial charge < -0.3 is 5.32 Å². The Morgan fingerprint density at radius 2 is 1.52 bits per heavy atom. The van der Waals surface area contributed by atoms with Crippen LogP contribution in [0.3, 0.4) is 0 Å². The van der Waals surface area contributed by atoms with Gasteiger partial charge in [0.2, 0.25) is 0 Å². The summed E-state index contributed by atoms with van der Waals surface area (Å²) < 4.78 is 38.2. The van der Waals surface area contributed by atoms with E-state index in [9.17, 15) is 18.0 Å². The van der Waals surface area contributed by atoms with Gasteiger partial charge >= 0.3 is 6.18 Å². The predicted molar refractivity (Wildman–Crippen MR) is 114 cm³/mol. The van der Waals surface area contributed by atoms with Gasteiger partial charge in [-0.15, -0.1) is 0 Å². The van der Waals surface area contributed by atoms with E-state index < -0.39 is 11.7 Å². The summed E-state index contributed by atoms with van der Waals surface area (Å²) in [7, 11) is 0. The number of likely N-dealkylation sites (tertiary alicyclic amines) is 1. The lowest BCUT2D eigenvalue weighted by atomic mass is 10.0. The zero-order valence-corrected chi connectivity index (χ0v) is 16.9. The average molecular weight is 424 g/mol. The molecule has 3 aromatic rings. The van der Waals surface area contributed by atoms with Gasteiger partial charge in [0, 0.05) is 31.2 Å². The molecular weight excluding hydrogens is 401 g/mol. The van der Waals surface area contributed by atoms with Gasteiger partial charge in [0.05, 0.1) is 5.56 Å². The van der Waals surface area contributed by atoms with Crippen LogP contribution in [0, 0.1) is 0 Å². The van der Waals surface area contributed by atoms with E-state index in [1.807, 2.05) is 18.2 Å². The van der Waals surface area contributed by atoms with E-state index in [4.69, 9.17) is 0 Å². The normalized spacial score (nSPS) is 16.9. The summed E-state index contributed by atoms with van der Waals surface area (Å²) in [4.78, 5) is 14.9. The van der Waals surface area contributed by atoms with Gasteiger partial charge in [-0.05, 0) is 47.4 Å².